The second kappa shape index (κ2) is 4.22. The lowest BCUT2D eigenvalue weighted by molar-refractivity contribution is -0.134. The van der Waals surface area contributed by atoms with Crippen LogP contribution in [0.3, 0.4) is 0 Å². The zero-order valence-corrected chi connectivity index (χ0v) is 9.25. The molecule has 0 unspecified atom stereocenters. The zero-order chi connectivity index (χ0) is 10.6. The lowest BCUT2D eigenvalue weighted by Crippen LogP contribution is -2.29. The van der Waals surface area contributed by atoms with E-state index in [0.29, 0.717) is 0 Å². The van der Waals surface area contributed by atoms with E-state index in [1.807, 2.05) is 19.6 Å². The Balaban J connectivity index is 4.37. The fraction of sp³-hybridized carbons (Fsp3) is 0.500. The normalized spacial score (nSPS) is 12.5. The minimum Gasteiger partial charge on any atom is -0.517 e. The molecule has 0 aliphatic heterocycles. The largest absolute Gasteiger partial charge is 0.517 e. The van der Waals surface area contributed by atoms with Crippen LogP contribution in [0.15, 0.2) is 11.6 Å². The monoisotopic (exact) mass is 202 g/mol. The van der Waals surface area contributed by atoms with E-state index in [-0.39, 0.29) is 5.57 Å². The molecule has 0 rings (SSSR count). The molecule has 0 radical (unpaired) electrons. The third-order valence-corrected chi connectivity index (χ3v) is 1.86. The van der Waals surface area contributed by atoms with Crippen molar-refractivity contribution in [2.45, 2.75) is 26.6 Å². The van der Waals surface area contributed by atoms with Crippen LogP contribution in [-0.4, -0.2) is 25.4 Å². The van der Waals surface area contributed by atoms with Crippen molar-refractivity contribution in [1.82, 2.24) is 0 Å². The Bertz CT molecular complexity index is 249. The molecule has 0 aromatic rings. The Labute approximate surface area is 78.3 Å². The highest BCUT2D eigenvalue weighted by Gasteiger charge is 2.20. The number of hydrogen-bond donors (Lipinski definition) is 1. The summed E-state index contributed by atoms with van der Waals surface area (Å²) >= 11 is 0. The molecular weight excluding hydrogens is 188 g/mol. The van der Waals surface area contributed by atoms with Gasteiger partial charge in [-0.05, 0) is 26.6 Å². The molecule has 5 heteroatoms. The molecule has 0 aromatic heterocycles. The maximum absolute atomic E-state index is 11.2. The van der Waals surface area contributed by atoms with Crippen LogP contribution in [0.25, 0.3) is 0 Å². The lowest BCUT2D eigenvalue weighted by atomic mass is 10.3. The van der Waals surface area contributed by atoms with Gasteiger partial charge in [0, 0.05) is 11.6 Å². The van der Waals surface area contributed by atoms with Crippen LogP contribution in [0.2, 0.25) is 19.6 Å². The first-order valence-electron chi connectivity index (χ1n) is 3.87. The molecule has 0 saturated carbocycles. The maximum Gasteiger partial charge on any atom is 0.328 e. The maximum atomic E-state index is 11.2. The molecule has 0 fully saturated rings. The molecule has 13 heavy (non-hydrogen) atoms. The zero-order valence-electron chi connectivity index (χ0n) is 8.25. The molecular formula is C8H14O4Si. The molecule has 0 aliphatic rings. The van der Waals surface area contributed by atoms with Crippen LogP contribution in [0.5, 0.6) is 0 Å². The summed E-state index contributed by atoms with van der Waals surface area (Å²) < 4.78 is 5.07. The van der Waals surface area contributed by atoms with Crippen LogP contribution in [0, 0.1) is 0 Å². The van der Waals surface area contributed by atoms with E-state index in [4.69, 9.17) is 9.53 Å². The number of rotatable bonds is 3. The Morgan fingerprint density at radius 2 is 1.77 bits per heavy atom. The SMILES string of the molecule is CC(=CC(=O)O)C(=O)O[Si](C)(C)C. The predicted molar refractivity (Wildman–Crippen MR) is 50.8 cm³/mol. The predicted octanol–water partition coefficient (Wildman–Crippen LogP) is 1.40. The Morgan fingerprint density at radius 1 is 1.31 bits per heavy atom. The summed E-state index contributed by atoms with van der Waals surface area (Å²) in [6.45, 7) is 7.01. The Hall–Kier alpha value is -1.10. The third-order valence-electron chi connectivity index (χ3n) is 1.06. The van der Waals surface area contributed by atoms with Gasteiger partial charge >= 0.3 is 11.9 Å². The van der Waals surface area contributed by atoms with E-state index in [2.05, 4.69) is 0 Å². The second-order valence-electron chi connectivity index (χ2n) is 3.67. The van der Waals surface area contributed by atoms with E-state index in [9.17, 15) is 9.59 Å². The van der Waals surface area contributed by atoms with Crippen molar-refractivity contribution < 1.29 is 19.1 Å². The van der Waals surface area contributed by atoms with Crippen LogP contribution >= 0.6 is 0 Å². The number of carboxylic acids is 1. The van der Waals surface area contributed by atoms with Gasteiger partial charge < -0.3 is 9.53 Å². The molecule has 0 saturated heterocycles. The first-order valence-corrected chi connectivity index (χ1v) is 7.28. The van der Waals surface area contributed by atoms with Gasteiger partial charge in [-0.3, -0.25) is 0 Å². The Kier molecular flexibility index (Phi) is 3.87. The fourth-order valence-electron chi connectivity index (χ4n) is 0.603. The average molecular weight is 202 g/mol. The van der Waals surface area contributed by atoms with Gasteiger partial charge in [-0.25, -0.2) is 9.59 Å². The van der Waals surface area contributed by atoms with Gasteiger partial charge in [-0.1, -0.05) is 0 Å². The van der Waals surface area contributed by atoms with Gasteiger partial charge in [0.05, 0.1) is 0 Å². The molecule has 0 aromatic carbocycles. The topological polar surface area (TPSA) is 63.6 Å². The minimum absolute atomic E-state index is 0.120. The number of hydrogen-bond acceptors (Lipinski definition) is 3. The quantitative estimate of drug-likeness (QED) is 0.555. The van der Waals surface area contributed by atoms with E-state index >= 15 is 0 Å². The summed E-state index contributed by atoms with van der Waals surface area (Å²) in [5.41, 5.74) is 0.120. The van der Waals surface area contributed by atoms with Gasteiger partial charge in [-0.2, -0.15) is 0 Å². The van der Waals surface area contributed by atoms with Crippen molar-refractivity contribution >= 4 is 20.3 Å². The van der Waals surface area contributed by atoms with Crippen molar-refractivity contribution in [3.63, 3.8) is 0 Å². The summed E-state index contributed by atoms with van der Waals surface area (Å²) in [5, 5.41) is 8.36. The first kappa shape index (κ1) is 11.9. The van der Waals surface area contributed by atoms with Crippen molar-refractivity contribution in [1.29, 1.82) is 0 Å². The molecule has 4 nitrogen and oxygen atoms in total. The third kappa shape index (κ3) is 6.09. The van der Waals surface area contributed by atoms with E-state index in [1.165, 1.54) is 6.92 Å². The first-order chi connectivity index (χ1) is 5.72. The molecule has 0 spiro atoms. The van der Waals surface area contributed by atoms with Crippen molar-refractivity contribution in [2.75, 3.05) is 0 Å². The summed E-state index contributed by atoms with van der Waals surface area (Å²) in [6, 6.07) is 0. The van der Waals surface area contributed by atoms with Crippen molar-refractivity contribution in [3.05, 3.63) is 11.6 Å². The van der Waals surface area contributed by atoms with Gasteiger partial charge in [0.1, 0.15) is 0 Å². The van der Waals surface area contributed by atoms with E-state index < -0.39 is 20.3 Å². The summed E-state index contributed by atoms with van der Waals surface area (Å²) in [7, 11) is -1.92. The molecule has 74 valence electrons. The number of aliphatic carboxylic acids is 1. The second-order valence-corrected chi connectivity index (χ2v) is 8.10. The average Bonchev–Trinajstić information content (AvgIpc) is 1.81. The van der Waals surface area contributed by atoms with Crippen molar-refractivity contribution in [2.24, 2.45) is 0 Å². The molecule has 0 bridgehead atoms. The van der Waals surface area contributed by atoms with Gasteiger partial charge in [0.25, 0.3) is 0 Å². The van der Waals surface area contributed by atoms with E-state index in [0.717, 1.165) is 6.08 Å². The van der Waals surface area contributed by atoms with Crippen LogP contribution in [0.4, 0.5) is 0 Å². The lowest BCUT2D eigenvalue weighted by Gasteiger charge is -2.17. The molecule has 0 atom stereocenters. The molecule has 1 N–H and O–H groups in total. The van der Waals surface area contributed by atoms with Crippen LogP contribution in [0.1, 0.15) is 6.92 Å². The summed E-state index contributed by atoms with van der Waals surface area (Å²) in [4.78, 5) is 21.4. The van der Waals surface area contributed by atoms with Gasteiger partial charge in [-0.15, -0.1) is 0 Å². The highest BCUT2D eigenvalue weighted by molar-refractivity contribution is 6.71. The van der Waals surface area contributed by atoms with Gasteiger partial charge in [0.15, 0.2) is 0 Å². The van der Waals surface area contributed by atoms with Gasteiger partial charge in [0.2, 0.25) is 8.32 Å². The van der Waals surface area contributed by atoms with Crippen LogP contribution < -0.4 is 0 Å². The van der Waals surface area contributed by atoms with Crippen molar-refractivity contribution in [3.8, 4) is 0 Å². The molecule has 0 aliphatic carbocycles. The highest BCUT2D eigenvalue weighted by Crippen LogP contribution is 2.07. The van der Waals surface area contributed by atoms with Crippen LogP contribution in [-0.2, 0) is 14.0 Å². The molecule has 0 amide bonds. The summed E-state index contributed by atoms with van der Waals surface area (Å²) in [5.74, 6) is -1.67. The van der Waals surface area contributed by atoms with E-state index in [1.54, 1.807) is 0 Å². The number of carbonyl (C=O) groups excluding carboxylic acids is 1. The fourth-order valence-corrected chi connectivity index (χ4v) is 1.32. The highest BCUT2D eigenvalue weighted by atomic mass is 28.4. The smallest absolute Gasteiger partial charge is 0.328 e. The molecule has 0 heterocycles. The Morgan fingerprint density at radius 3 is 2.08 bits per heavy atom. The standard InChI is InChI=1S/C8H14O4Si/c1-6(5-7(9)10)8(11)12-13(2,3)4/h5H,1-4H3,(H,9,10). The number of carbonyl (C=O) groups is 2. The minimum atomic E-state index is -1.92. The number of carboxylic acid groups (broad SMARTS) is 1. The summed E-state index contributed by atoms with van der Waals surface area (Å²) in [6.07, 6.45) is 0.850.